The van der Waals surface area contributed by atoms with Gasteiger partial charge in [-0.3, -0.25) is 0 Å². The molecule has 20 heavy (non-hydrogen) atoms. The molecule has 2 atom stereocenters. The standard InChI is InChI=1S/C14H26N2O2S2/c1-6-11(4)12(5)16-20(17,18)14-8-7-13(19-14)9-15-10(2)3/h7-8,10-12,15-16H,6,9H2,1-5H3. The van der Waals surface area contributed by atoms with Crippen molar-refractivity contribution in [1.82, 2.24) is 10.0 Å². The van der Waals surface area contributed by atoms with Crippen LogP contribution in [0.3, 0.4) is 0 Å². The summed E-state index contributed by atoms with van der Waals surface area (Å²) >= 11 is 1.33. The summed E-state index contributed by atoms with van der Waals surface area (Å²) in [4.78, 5) is 1.04. The van der Waals surface area contributed by atoms with Gasteiger partial charge in [-0.1, -0.05) is 34.1 Å². The Morgan fingerprint density at radius 2 is 1.85 bits per heavy atom. The topological polar surface area (TPSA) is 58.2 Å². The van der Waals surface area contributed by atoms with Crippen molar-refractivity contribution >= 4 is 21.4 Å². The molecule has 0 bridgehead atoms. The summed E-state index contributed by atoms with van der Waals surface area (Å²) in [6, 6.07) is 3.90. The van der Waals surface area contributed by atoms with Crippen molar-refractivity contribution in [2.45, 2.75) is 63.9 Å². The Hall–Kier alpha value is -0.430. The molecule has 1 heterocycles. The molecule has 1 aromatic heterocycles. The lowest BCUT2D eigenvalue weighted by atomic mass is 10.0. The second-order valence-electron chi connectivity index (χ2n) is 5.55. The molecule has 116 valence electrons. The van der Waals surface area contributed by atoms with E-state index >= 15 is 0 Å². The van der Waals surface area contributed by atoms with Crippen LogP contribution in [0.15, 0.2) is 16.3 Å². The number of hydrogen-bond donors (Lipinski definition) is 2. The molecule has 0 saturated heterocycles. The van der Waals surface area contributed by atoms with Gasteiger partial charge in [-0.15, -0.1) is 11.3 Å². The minimum absolute atomic E-state index is 0.0515. The number of nitrogens with one attached hydrogen (secondary N) is 2. The van der Waals surface area contributed by atoms with Gasteiger partial charge in [-0.25, -0.2) is 13.1 Å². The lowest BCUT2D eigenvalue weighted by Crippen LogP contribution is -2.36. The van der Waals surface area contributed by atoms with Gasteiger partial charge < -0.3 is 5.32 Å². The summed E-state index contributed by atoms with van der Waals surface area (Å²) in [7, 11) is -3.39. The minimum atomic E-state index is -3.39. The van der Waals surface area contributed by atoms with Crippen LogP contribution in [0.5, 0.6) is 0 Å². The van der Waals surface area contributed by atoms with E-state index in [-0.39, 0.29) is 6.04 Å². The zero-order valence-electron chi connectivity index (χ0n) is 12.9. The fraction of sp³-hybridized carbons (Fsp3) is 0.714. The molecule has 0 radical (unpaired) electrons. The molecule has 0 fully saturated rings. The van der Waals surface area contributed by atoms with Gasteiger partial charge in [0.15, 0.2) is 0 Å². The first kappa shape index (κ1) is 17.6. The third kappa shape index (κ3) is 5.16. The summed E-state index contributed by atoms with van der Waals surface area (Å²) in [5.74, 6) is 0.326. The molecule has 1 aromatic rings. The number of hydrogen-bond acceptors (Lipinski definition) is 4. The van der Waals surface area contributed by atoms with Crippen LogP contribution in [-0.2, 0) is 16.6 Å². The van der Waals surface area contributed by atoms with Crippen LogP contribution < -0.4 is 10.0 Å². The maximum absolute atomic E-state index is 12.3. The Balaban J connectivity index is 2.73. The van der Waals surface area contributed by atoms with E-state index in [0.29, 0.717) is 22.7 Å². The first-order valence-corrected chi connectivity index (χ1v) is 9.40. The molecule has 0 aliphatic carbocycles. The molecule has 0 aliphatic rings. The van der Waals surface area contributed by atoms with Crippen molar-refractivity contribution in [3.8, 4) is 0 Å². The van der Waals surface area contributed by atoms with Gasteiger partial charge in [0, 0.05) is 23.5 Å². The molecule has 4 nitrogen and oxygen atoms in total. The summed E-state index contributed by atoms with van der Waals surface area (Å²) < 4.78 is 27.7. The fourth-order valence-electron chi connectivity index (χ4n) is 1.67. The molecular weight excluding hydrogens is 292 g/mol. The average molecular weight is 319 g/mol. The third-order valence-corrected chi connectivity index (χ3v) is 6.56. The van der Waals surface area contributed by atoms with Crippen molar-refractivity contribution in [2.24, 2.45) is 5.92 Å². The van der Waals surface area contributed by atoms with Crippen LogP contribution in [0.2, 0.25) is 0 Å². The third-order valence-electron chi connectivity index (χ3n) is 3.42. The molecular formula is C14H26N2O2S2. The van der Waals surface area contributed by atoms with Crippen molar-refractivity contribution in [1.29, 1.82) is 0 Å². The highest BCUT2D eigenvalue weighted by molar-refractivity contribution is 7.91. The number of sulfonamides is 1. The number of rotatable bonds is 8. The van der Waals surface area contributed by atoms with Gasteiger partial charge in [0.05, 0.1) is 0 Å². The van der Waals surface area contributed by atoms with Gasteiger partial charge in [-0.2, -0.15) is 0 Å². The molecule has 0 aromatic carbocycles. The zero-order chi connectivity index (χ0) is 15.3. The van der Waals surface area contributed by atoms with Crippen LogP contribution in [0.4, 0.5) is 0 Å². The van der Waals surface area contributed by atoms with Crippen LogP contribution in [0, 0.1) is 5.92 Å². The molecule has 2 unspecified atom stereocenters. The average Bonchev–Trinajstić information content (AvgIpc) is 2.84. The van der Waals surface area contributed by atoms with E-state index in [9.17, 15) is 8.42 Å². The van der Waals surface area contributed by atoms with Gasteiger partial charge in [-0.05, 0) is 25.0 Å². The maximum Gasteiger partial charge on any atom is 0.250 e. The van der Waals surface area contributed by atoms with Crippen LogP contribution in [-0.4, -0.2) is 20.5 Å². The van der Waals surface area contributed by atoms with Gasteiger partial charge >= 0.3 is 0 Å². The summed E-state index contributed by atoms with van der Waals surface area (Å²) in [6.07, 6.45) is 0.956. The normalized spacial score (nSPS) is 15.5. The second-order valence-corrected chi connectivity index (χ2v) is 8.66. The largest absolute Gasteiger partial charge is 0.310 e. The molecule has 0 spiro atoms. The van der Waals surface area contributed by atoms with E-state index in [1.807, 2.05) is 13.0 Å². The van der Waals surface area contributed by atoms with Gasteiger partial charge in [0.1, 0.15) is 4.21 Å². The smallest absolute Gasteiger partial charge is 0.250 e. The molecule has 0 amide bonds. The highest BCUT2D eigenvalue weighted by atomic mass is 32.2. The lowest BCUT2D eigenvalue weighted by molar-refractivity contribution is 0.434. The SMILES string of the molecule is CCC(C)C(C)NS(=O)(=O)c1ccc(CNC(C)C)s1. The van der Waals surface area contributed by atoms with E-state index in [1.54, 1.807) is 6.07 Å². The van der Waals surface area contributed by atoms with Crippen molar-refractivity contribution in [2.75, 3.05) is 0 Å². The van der Waals surface area contributed by atoms with E-state index in [0.717, 1.165) is 11.3 Å². The summed E-state index contributed by atoms with van der Waals surface area (Å²) in [5.41, 5.74) is 0. The van der Waals surface area contributed by atoms with Crippen molar-refractivity contribution < 1.29 is 8.42 Å². The molecule has 1 rings (SSSR count). The van der Waals surface area contributed by atoms with Crippen molar-refractivity contribution in [3.05, 3.63) is 17.0 Å². The number of thiophene rings is 1. The Morgan fingerprint density at radius 1 is 1.20 bits per heavy atom. The Bertz CT molecular complexity index is 509. The van der Waals surface area contributed by atoms with Crippen LogP contribution >= 0.6 is 11.3 Å². The maximum atomic E-state index is 12.3. The van der Waals surface area contributed by atoms with E-state index in [2.05, 4.69) is 37.7 Å². The second kappa shape index (κ2) is 7.54. The van der Waals surface area contributed by atoms with E-state index in [1.165, 1.54) is 11.3 Å². The Labute approximate surface area is 127 Å². The van der Waals surface area contributed by atoms with Crippen LogP contribution in [0.25, 0.3) is 0 Å². The van der Waals surface area contributed by atoms with Gasteiger partial charge in [0.2, 0.25) is 10.0 Å². The minimum Gasteiger partial charge on any atom is -0.310 e. The summed E-state index contributed by atoms with van der Waals surface area (Å²) in [5, 5.41) is 3.29. The molecule has 0 aliphatic heterocycles. The quantitative estimate of drug-likeness (QED) is 0.775. The zero-order valence-corrected chi connectivity index (χ0v) is 14.6. The predicted octanol–water partition coefficient (Wildman–Crippen LogP) is 2.96. The highest BCUT2D eigenvalue weighted by Gasteiger charge is 2.21. The lowest BCUT2D eigenvalue weighted by Gasteiger charge is -2.19. The van der Waals surface area contributed by atoms with Crippen molar-refractivity contribution in [3.63, 3.8) is 0 Å². The molecule has 0 saturated carbocycles. The molecule has 6 heteroatoms. The molecule has 2 N–H and O–H groups in total. The highest BCUT2D eigenvalue weighted by Crippen LogP contribution is 2.22. The van der Waals surface area contributed by atoms with Gasteiger partial charge in [0.25, 0.3) is 0 Å². The first-order valence-electron chi connectivity index (χ1n) is 7.10. The fourth-order valence-corrected chi connectivity index (χ4v) is 4.35. The monoisotopic (exact) mass is 318 g/mol. The first-order chi connectivity index (χ1) is 9.26. The Kier molecular flexibility index (Phi) is 6.64. The van der Waals surface area contributed by atoms with E-state index < -0.39 is 10.0 Å². The van der Waals surface area contributed by atoms with Crippen LogP contribution in [0.1, 0.15) is 45.9 Å². The Morgan fingerprint density at radius 3 is 2.40 bits per heavy atom. The summed E-state index contributed by atoms with van der Waals surface area (Å²) in [6.45, 7) is 10.9. The van der Waals surface area contributed by atoms with E-state index in [4.69, 9.17) is 0 Å². The predicted molar refractivity (Wildman–Crippen MR) is 85.5 cm³/mol.